The highest BCUT2D eigenvalue weighted by atomic mass is 16.5. The van der Waals surface area contributed by atoms with Crippen LogP contribution in [0, 0.1) is 5.92 Å². The van der Waals surface area contributed by atoms with Crippen LogP contribution in [0.5, 0.6) is 0 Å². The predicted octanol–water partition coefficient (Wildman–Crippen LogP) is 0.253. The first-order valence-electron chi connectivity index (χ1n) is 5.64. The number of hydrogen-bond acceptors (Lipinski definition) is 5. The quantitative estimate of drug-likeness (QED) is 0.755. The SMILES string of the molecule is c1noc(CN2CCCC3CNCC32)n1. The monoisotopic (exact) mass is 208 g/mol. The van der Waals surface area contributed by atoms with Gasteiger partial charge in [0.05, 0.1) is 6.54 Å². The molecule has 3 heterocycles. The summed E-state index contributed by atoms with van der Waals surface area (Å²) in [6, 6.07) is 0.672. The average molecular weight is 208 g/mol. The zero-order valence-electron chi connectivity index (χ0n) is 8.72. The molecule has 2 aliphatic rings. The van der Waals surface area contributed by atoms with Gasteiger partial charge in [0.25, 0.3) is 0 Å². The van der Waals surface area contributed by atoms with E-state index in [1.807, 2.05) is 0 Å². The van der Waals surface area contributed by atoms with Crippen LogP contribution in [0.2, 0.25) is 0 Å². The Morgan fingerprint density at radius 3 is 3.40 bits per heavy atom. The van der Waals surface area contributed by atoms with Gasteiger partial charge in [-0.2, -0.15) is 4.98 Å². The van der Waals surface area contributed by atoms with Crippen molar-refractivity contribution in [2.75, 3.05) is 19.6 Å². The van der Waals surface area contributed by atoms with E-state index in [0.29, 0.717) is 6.04 Å². The molecule has 2 saturated heterocycles. The molecule has 0 amide bonds. The standard InChI is InChI=1S/C10H16N4O/c1-2-8-4-11-5-9(8)14(3-1)6-10-12-7-13-15-10/h7-9,11H,1-6H2. The lowest BCUT2D eigenvalue weighted by atomic mass is 9.92. The van der Waals surface area contributed by atoms with E-state index >= 15 is 0 Å². The molecule has 15 heavy (non-hydrogen) atoms. The lowest BCUT2D eigenvalue weighted by Gasteiger charge is -2.35. The van der Waals surface area contributed by atoms with Crippen molar-refractivity contribution < 1.29 is 4.52 Å². The van der Waals surface area contributed by atoms with Crippen molar-refractivity contribution >= 4 is 0 Å². The summed E-state index contributed by atoms with van der Waals surface area (Å²) >= 11 is 0. The average Bonchev–Trinajstić information content (AvgIpc) is 2.87. The van der Waals surface area contributed by atoms with E-state index < -0.39 is 0 Å². The molecule has 2 fully saturated rings. The van der Waals surface area contributed by atoms with Gasteiger partial charge in [0.2, 0.25) is 5.89 Å². The fourth-order valence-electron chi connectivity index (χ4n) is 2.80. The molecule has 5 nitrogen and oxygen atoms in total. The number of piperidine rings is 1. The van der Waals surface area contributed by atoms with Crippen LogP contribution in [-0.2, 0) is 6.54 Å². The summed E-state index contributed by atoms with van der Waals surface area (Å²) in [6.45, 7) is 4.25. The first-order valence-corrected chi connectivity index (χ1v) is 5.64. The molecule has 2 aliphatic heterocycles. The maximum atomic E-state index is 5.06. The number of fused-ring (bicyclic) bond motifs is 1. The van der Waals surface area contributed by atoms with Gasteiger partial charge < -0.3 is 9.84 Å². The van der Waals surface area contributed by atoms with Crippen molar-refractivity contribution in [3.05, 3.63) is 12.2 Å². The van der Waals surface area contributed by atoms with E-state index in [-0.39, 0.29) is 0 Å². The topological polar surface area (TPSA) is 54.2 Å². The van der Waals surface area contributed by atoms with Crippen LogP contribution >= 0.6 is 0 Å². The lowest BCUT2D eigenvalue weighted by Crippen LogP contribution is -2.44. The summed E-state index contributed by atoms with van der Waals surface area (Å²) in [6.07, 6.45) is 4.12. The maximum absolute atomic E-state index is 5.06. The second-order valence-corrected chi connectivity index (χ2v) is 4.43. The minimum Gasteiger partial charge on any atom is -0.338 e. The largest absolute Gasteiger partial charge is 0.338 e. The van der Waals surface area contributed by atoms with Gasteiger partial charge in [0, 0.05) is 12.6 Å². The van der Waals surface area contributed by atoms with E-state index in [4.69, 9.17) is 4.52 Å². The first-order chi connectivity index (χ1) is 7.43. The van der Waals surface area contributed by atoms with Gasteiger partial charge >= 0.3 is 0 Å². The van der Waals surface area contributed by atoms with Crippen molar-refractivity contribution in [1.29, 1.82) is 0 Å². The van der Waals surface area contributed by atoms with Crippen molar-refractivity contribution in [2.45, 2.75) is 25.4 Å². The van der Waals surface area contributed by atoms with Crippen molar-refractivity contribution in [3.8, 4) is 0 Å². The molecule has 1 aromatic heterocycles. The molecule has 2 atom stereocenters. The fraction of sp³-hybridized carbons (Fsp3) is 0.800. The van der Waals surface area contributed by atoms with E-state index in [1.54, 1.807) is 0 Å². The van der Waals surface area contributed by atoms with E-state index in [1.165, 1.54) is 25.7 Å². The highest BCUT2D eigenvalue weighted by Crippen LogP contribution is 2.27. The smallest absolute Gasteiger partial charge is 0.240 e. The van der Waals surface area contributed by atoms with E-state index in [9.17, 15) is 0 Å². The molecule has 1 aromatic rings. The Morgan fingerprint density at radius 2 is 2.53 bits per heavy atom. The Bertz CT molecular complexity index is 313. The third kappa shape index (κ3) is 1.77. The zero-order valence-corrected chi connectivity index (χ0v) is 8.72. The van der Waals surface area contributed by atoms with E-state index in [2.05, 4.69) is 20.4 Å². The van der Waals surface area contributed by atoms with Crippen LogP contribution in [0.15, 0.2) is 10.9 Å². The number of nitrogens with zero attached hydrogens (tertiary/aromatic N) is 3. The lowest BCUT2D eigenvalue weighted by molar-refractivity contribution is 0.104. The van der Waals surface area contributed by atoms with Crippen LogP contribution < -0.4 is 5.32 Å². The number of hydrogen-bond donors (Lipinski definition) is 1. The molecule has 0 aliphatic carbocycles. The molecule has 0 radical (unpaired) electrons. The van der Waals surface area contributed by atoms with Gasteiger partial charge in [-0.3, -0.25) is 4.90 Å². The van der Waals surface area contributed by atoms with Crippen molar-refractivity contribution in [2.24, 2.45) is 5.92 Å². The summed E-state index contributed by atoms with van der Waals surface area (Å²) in [5.41, 5.74) is 0. The zero-order chi connectivity index (χ0) is 10.1. The molecule has 1 N–H and O–H groups in total. The molecular weight excluding hydrogens is 192 g/mol. The van der Waals surface area contributed by atoms with Gasteiger partial charge in [0.15, 0.2) is 6.33 Å². The predicted molar refractivity (Wildman–Crippen MR) is 54.1 cm³/mol. The van der Waals surface area contributed by atoms with Gasteiger partial charge in [-0.25, -0.2) is 0 Å². The number of aromatic nitrogens is 2. The minimum atomic E-state index is 0.672. The minimum absolute atomic E-state index is 0.672. The van der Waals surface area contributed by atoms with Crippen LogP contribution in [0.3, 0.4) is 0 Å². The molecule has 0 saturated carbocycles. The maximum Gasteiger partial charge on any atom is 0.240 e. The fourth-order valence-corrected chi connectivity index (χ4v) is 2.80. The number of rotatable bonds is 2. The summed E-state index contributed by atoms with van der Waals surface area (Å²) in [5, 5.41) is 7.11. The molecule has 5 heteroatoms. The summed E-state index contributed by atoms with van der Waals surface area (Å²) in [5.74, 6) is 1.56. The summed E-state index contributed by atoms with van der Waals surface area (Å²) in [7, 11) is 0. The van der Waals surface area contributed by atoms with Gasteiger partial charge in [-0.1, -0.05) is 5.16 Å². The highest BCUT2D eigenvalue weighted by Gasteiger charge is 2.35. The Balaban J connectivity index is 1.69. The van der Waals surface area contributed by atoms with Gasteiger partial charge in [0.1, 0.15) is 0 Å². The first kappa shape index (κ1) is 9.30. The third-order valence-corrected chi connectivity index (χ3v) is 3.54. The van der Waals surface area contributed by atoms with Gasteiger partial charge in [-0.05, 0) is 31.8 Å². The summed E-state index contributed by atoms with van der Waals surface area (Å²) in [4.78, 5) is 6.56. The molecule has 0 aromatic carbocycles. The number of nitrogens with one attached hydrogen (secondary N) is 1. The highest BCUT2D eigenvalue weighted by molar-refractivity contribution is 4.93. The Kier molecular flexibility index (Phi) is 2.42. The van der Waals surface area contributed by atoms with Crippen LogP contribution in [0.25, 0.3) is 0 Å². The Labute approximate surface area is 88.8 Å². The molecular formula is C10H16N4O. The van der Waals surface area contributed by atoms with E-state index in [0.717, 1.165) is 31.4 Å². The van der Waals surface area contributed by atoms with Crippen LogP contribution in [-0.4, -0.2) is 40.7 Å². The second-order valence-electron chi connectivity index (χ2n) is 4.43. The van der Waals surface area contributed by atoms with Gasteiger partial charge in [-0.15, -0.1) is 0 Å². The molecule has 82 valence electrons. The summed E-state index contributed by atoms with van der Waals surface area (Å²) < 4.78 is 5.06. The molecule has 0 bridgehead atoms. The van der Waals surface area contributed by atoms with Crippen LogP contribution in [0.4, 0.5) is 0 Å². The third-order valence-electron chi connectivity index (χ3n) is 3.54. The second kappa shape index (κ2) is 3.90. The molecule has 3 rings (SSSR count). The molecule has 2 unspecified atom stereocenters. The van der Waals surface area contributed by atoms with Crippen molar-refractivity contribution in [1.82, 2.24) is 20.4 Å². The Hall–Kier alpha value is -0.940. The molecule has 0 spiro atoms. The van der Waals surface area contributed by atoms with Crippen LogP contribution in [0.1, 0.15) is 18.7 Å². The normalized spacial score (nSPS) is 31.7. The van der Waals surface area contributed by atoms with Crippen molar-refractivity contribution in [3.63, 3.8) is 0 Å². The Morgan fingerprint density at radius 1 is 1.53 bits per heavy atom. The number of likely N-dealkylation sites (tertiary alicyclic amines) is 1.